The van der Waals surface area contributed by atoms with Crippen LogP contribution in [0.3, 0.4) is 0 Å². The molecule has 0 saturated carbocycles. The highest BCUT2D eigenvalue weighted by Gasteiger charge is 2.17. The van der Waals surface area contributed by atoms with Crippen LogP contribution >= 0.6 is 11.6 Å². The molecule has 9 heteroatoms. The fourth-order valence-electron chi connectivity index (χ4n) is 3.53. The van der Waals surface area contributed by atoms with Crippen LogP contribution in [0.1, 0.15) is 28.1 Å². The molecular weight excluding hydrogens is 452 g/mol. The lowest BCUT2D eigenvalue weighted by molar-refractivity contribution is -0.120. The van der Waals surface area contributed by atoms with Crippen molar-refractivity contribution in [2.75, 3.05) is 13.7 Å². The average molecular weight is 478 g/mol. The molecule has 176 valence electrons. The molecule has 6 nitrogen and oxygen atoms in total. The van der Waals surface area contributed by atoms with Gasteiger partial charge in [0.2, 0.25) is 5.91 Å². The lowest BCUT2D eigenvalue weighted by atomic mass is 10.1. The van der Waals surface area contributed by atoms with Gasteiger partial charge < -0.3 is 14.8 Å². The summed E-state index contributed by atoms with van der Waals surface area (Å²) in [5, 5.41) is 8.10. The molecule has 1 aromatic heterocycles. The van der Waals surface area contributed by atoms with Crippen molar-refractivity contribution in [2.24, 2.45) is 0 Å². The van der Waals surface area contributed by atoms with Crippen molar-refractivity contribution in [1.29, 1.82) is 0 Å². The molecule has 3 rings (SSSR count). The molecule has 0 aliphatic heterocycles. The van der Waals surface area contributed by atoms with E-state index in [0.29, 0.717) is 18.0 Å². The minimum absolute atomic E-state index is 0.0359. The van der Waals surface area contributed by atoms with Gasteiger partial charge in [0.1, 0.15) is 0 Å². The molecule has 0 aliphatic carbocycles. The minimum atomic E-state index is -2.95. The first-order chi connectivity index (χ1) is 15.7. The van der Waals surface area contributed by atoms with E-state index in [1.165, 1.54) is 13.2 Å². The number of hydrogen-bond acceptors (Lipinski definition) is 4. The number of rotatable bonds is 9. The maximum Gasteiger partial charge on any atom is 0.387 e. The van der Waals surface area contributed by atoms with Crippen LogP contribution in [0.5, 0.6) is 11.5 Å². The summed E-state index contributed by atoms with van der Waals surface area (Å²) in [6, 6.07) is 10.5. The lowest BCUT2D eigenvalue weighted by Crippen LogP contribution is -2.27. The second-order valence-electron chi connectivity index (χ2n) is 7.64. The Morgan fingerprint density at radius 1 is 1.15 bits per heavy atom. The van der Waals surface area contributed by atoms with E-state index in [9.17, 15) is 13.6 Å². The van der Waals surface area contributed by atoms with Gasteiger partial charge in [0, 0.05) is 22.8 Å². The van der Waals surface area contributed by atoms with Crippen molar-refractivity contribution in [1.82, 2.24) is 15.1 Å². The van der Waals surface area contributed by atoms with E-state index in [1.807, 2.05) is 39.0 Å². The summed E-state index contributed by atoms with van der Waals surface area (Å²) >= 11 is 6.25. The Balaban J connectivity index is 1.63. The Hall–Kier alpha value is -3.13. The maximum atomic E-state index is 12.6. The summed E-state index contributed by atoms with van der Waals surface area (Å²) < 4.78 is 36.5. The zero-order valence-corrected chi connectivity index (χ0v) is 19.7. The number of aromatic nitrogens is 2. The van der Waals surface area contributed by atoms with Gasteiger partial charge in [0.05, 0.1) is 24.9 Å². The first-order valence-corrected chi connectivity index (χ1v) is 10.8. The van der Waals surface area contributed by atoms with E-state index in [2.05, 4.69) is 15.2 Å². The molecule has 0 unspecified atom stereocenters. The molecule has 33 heavy (non-hydrogen) atoms. The molecule has 0 saturated heterocycles. The summed E-state index contributed by atoms with van der Waals surface area (Å²) in [6.07, 6.45) is 0.633. The molecule has 0 radical (unpaired) electrons. The van der Waals surface area contributed by atoms with E-state index >= 15 is 0 Å². The van der Waals surface area contributed by atoms with Gasteiger partial charge >= 0.3 is 6.61 Å². The second kappa shape index (κ2) is 10.7. The smallest absolute Gasteiger partial charge is 0.387 e. The molecule has 1 amide bonds. The Morgan fingerprint density at radius 2 is 1.91 bits per heavy atom. The highest BCUT2D eigenvalue weighted by Crippen LogP contribution is 2.29. The third-order valence-electron chi connectivity index (χ3n) is 5.36. The van der Waals surface area contributed by atoms with Crippen LogP contribution in [-0.2, 0) is 17.6 Å². The molecule has 0 spiro atoms. The Bertz CT molecular complexity index is 1150. The predicted molar refractivity (Wildman–Crippen MR) is 123 cm³/mol. The van der Waals surface area contributed by atoms with Gasteiger partial charge in [-0.15, -0.1) is 0 Å². The number of hydrogen-bond donors (Lipinski definition) is 1. The summed E-state index contributed by atoms with van der Waals surface area (Å²) in [5.41, 5.74) is 5.03. The number of carbonyl (C=O) groups excluding carboxylic acids is 1. The maximum absolute atomic E-state index is 12.6. The number of nitrogens with one attached hydrogen (secondary N) is 1. The quantitative estimate of drug-likeness (QED) is 0.473. The van der Waals surface area contributed by atoms with Gasteiger partial charge in [-0.3, -0.25) is 4.79 Å². The molecule has 0 aliphatic rings. The number of alkyl halides is 2. The Labute approximate surface area is 196 Å². The number of ether oxygens (including phenoxy) is 2. The van der Waals surface area contributed by atoms with Crippen LogP contribution in [0.4, 0.5) is 8.78 Å². The number of methoxy groups -OCH3 is 1. The van der Waals surface area contributed by atoms with Crippen LogP contribution in [-0.4, -0.2) is 36.0 Å². The van der Waals surface area contributed by atoms with Crippen molar-refractivity contribution in [2.45, 2.75) is 40.2 Å². The average Bonchev–Trinajstić information content (AvgIpc) is 3.04. The van der Waals surface area contributed by atoms with Gasteiger partial charge in [-0.25, -0.2) is 4.68 Å². The standard InChI is InChI=1S/C24H26ClF2N3O3/c1-14-5-7-18(12-20(14)25)30-16(3)19(15(2)29-30)13-23(31)28-10-9-17-6-8-21(32-4)22(11-17)33-24(26)27/h5-8,11-12,24H,9-10,13H2,1-4H3,(H,28,31). The number of carbonyl (C=O) groups is 1. The molecular formula is C24H26ClF2N3O3. The number of nitrogens with zero attached hydrogens (tertiary/aromatic N) is 2. The molecule has 1 N–H and O–H groups in total. The fourth-order valence-corrected chi connectivity index (χ4v) is 3.70. The van der Waals surface area contributed by atoms with Crippen LogP contribution in [0.15, 0.2) is 36.4 Å². The second-order valence-corrected chi connectivity index (χ2v) is 8.04. The number of benzene rings is 2. The van der Waals surface area contributed by atoms with Crippen molar-refractivity contribution in [3.05, 3.63) is 69.5 Å². The highest BCUT2D eigenvalue weighted by atomic mass is 35.5. The number of amides is 1. The van der Waals surface area contributed by atoms with E-state index in [1.54, 1.807) is 16.8 Å². The summed E-state index contributed by atoms with van der Waals surface area (Å²) in [4.78, 5) is 12.6. The van der Waals surface area contributed by atoms with Gasteiger partial charge in [0.15, 0.2) is 11.5 Å². The van der Waals surface area contributed by atoms with Gasteiger partial charge in [0.25, 0.3) is 0 Å². The minimum Gasteiger partial charge on any atom is -0.493 e. The fraction of sp³-hybridized carbons (Fsp3) is 0.333. The van der Waals surface area contributed by atoms with Crippen LogP contribution in [0, 0.1) is 20.8 Å². The molecule has 3 aromatic rings. The zero-order chi connectivity index (χ0) is 24.1. The summed E-state index contributed by atoms with van der Waals surface area (Å²) in [5.74, 6) is 0.0346. The SMILES string of the molecule is COc1ccc(CCNC(=O)Cc2c(C)nn(-c3ccc(C)c(Cl)c3)c2C)cc1OC(F)F. The lowest BCUT2D eigenvalue weighted by Gasteiger charge is -2.12. The zero-order valence-electron chi connectivity index (χ0n) is 18.9. The molecule has 0 fully saturated rings. The van der Waals surface area contributed by atoms with Crippen molar-refractivity contribution in [3.8, 4) is 17.2 Å². The molecule has 1 heterocycles. The van der Waals surface area contributed by atoms with Gasteiger partial charge in [-0.05, 0) is 62.6 Å². The van der Waals surface area contributed by atoms with E-state index in [-0.39, 0.29) is 23.8 Å². The first kappa shape index (κ1) is 24.5. The van der Waals surface area contributed by atoms with Crippen molar-refractivity contribution in [3.63, 3.8) is 0 Å². The van der Waals surface area contributed by atoms with Crippen molar-refractivity contribution < 1.29 is 23.0 Å². The third kappa shape index (κ3) is 6.01. The molecule has 0 atom stereocenters. The third-order valence-corrected chi connectivity index (χ3v) is 5.77. The van der Waals surface area contributed by atoms with Crippen LogP contribution in [0.2, 0.25) is 5.02 Å². The Kier molecular flexibility index (Phi) is 7.92. The predicted octanol–water partition coefficient (Wildman–Crippen LogP) is 4.96. The van der Waals surface area contributed by atoms with E-state index < -0.39 is 6.61 Å². The van der Waals surface area contributed by atoms with Crippen LogP contribution < -0.4 is 14.8 Å². The summed E-state index contributed by atoms with van der Waals surface area (Å²) in [7, 11) is 1.38. The van der Waals surface area contributed by atoms with Crippen molar-refractivity contribution >= 4 is 17.5 Å². The largest absolute Gasteiger partial charge is 0.493 e. The highest BCUT2D eigenvalue weighted by molar-refractivity contribution is 6.31. The number of halogens is 3. The molecule has 2 aromatic carbocycles. The summed E-state index contributed by atoms with van der Waals surface area (Å²) in [6.45, 7) is 3.11. The monoisotopic (exact) mass is 477 g/mol. The Morgan fingerprint density at radius 3 is 2.58 bits per heavy atom. The topological polar surface area (TPSA) is 65.4 Å². The first-order valence-electron chi connectivity index (χ1n) is 10.4. The number of aryl methyl sites for hydroxylation is 2. The van der Waals surface area contributed by atoms with Gasteiger partial charge in [-0.1, -0.05) is 23.7 Å². The van der Waals surface area contributed by atoms with Crippen LogP contribution in [0.25, 0.3) is 5.69 Å². The molecule has 0 bridgehead atoms. The van der Waals surface area contributed by atoms with E-state index in [0.717, 1.165) is 33.8 Å². The van der Waals surface area contributed by atoms with E-state index in [4.69, 9.17) is 16.3 Å². The van der Waals surface area contributed by atoms with Gasteiger partial charge in [-0.2, -0.15) is 13.9 Å². The normalized spacial score (nSPS) is 11.0.